The Bertz CT molecular complexity index is 334. The minimum atomic E-state index is -0.277. The molecule has 0 aromatic rings. The van der Waals surface area contributed by atoms with Crippen LogP contribution in [0, 0.1) is 5.41 Å². The number of likely N-dealkylation sites (N-methyl/N-ethyl adjacent to an activating group) is 1. The number of aliphatic hydroxyl groups is 1. The van der Waals surface area contributed by atoms with Crippen molar-refractivity contribution >= 4 is 17.7 Å². The van der Waals surface area contributed by atoms with E-state index in [-0.39, 0.29) is 17.4 Å². The zero-order valence-electron chi connectivity index (χ0n) is 12.7. The summed E-state index contributed by atoms with van der Waals surface area (Å²) in [5.41, 5.74) is -0.143. The smallest absolute Gasteiger partial charge is 0.234 e. The summed E-state index contributed by atoms with van der Waals surface area (Å²) in [6.45, 7) is 3.16. The summed E-state index contributed by atoms with van der Waals surface area (Å²) >= 11 is 1.97. The third-order valence-electron chi connectivity index (χ3n) is 4.89. The average molecular weight is 300 g/mol. The Morgan fingerprint density at radius 3 is 2.90 bits per heavy atom. The molecule has 1 aliphatic heterocycles. The molecule has 0 aromatic heterocycles. The fourth-order valence-electron chi connectivity index (χ4n) is 3.17. The molecule has 4 nitrogen and oxygen atoms in total. The van der Waals surface area contributed by atoms with Crippen LogP contribution in [-0.4, -0.2) is 59.7 Å². The van der Waals surface area contributed by atoms with E-state index < -0.39 is 0 Å². The lowest BCUT2D eigenvalue weighted by Gasteiger charge is -2.38. The van der Waals surface area contributed by atoms with Crippen LogP contribution >= 0.6 is 11.8 Å². The number of hydrogen-bond acceptors (Lipinski definition) is 4. The molecule has 20 heavy (non-hydrogen) atoms. The number of carbonyl (C=O) groups excluding carboxylic acids is 1. The maximum atomic E-state index is 12.1. The third-order valence-corrected chi connectivity index (χ3v) is 6.04. The largest absolute Gasteiger partial charge is 0.392 e. The second-order valence-electron chi connectivity index (χ2n) is 6.62. The lowest BCUT2D eigenvalue weighted by Crippen LogP contribution is -2.48. The molecule has 0 aromatic carbocycles. The number of thioether (sulfide) groups is 1. The van der Waals surface area contributed by atoms with Crippen molar-refractivity contribution in [3.8, 4) is 0 Å². The van der Waals surface area contributed by atoms with Gasteiger partial charge in [-0.1, -0.05) is 19.8 Å². The van der Waals surface area contributed by atoms with Gasteiger partial charge in [0.25, 0.3) is 0 Å². The van der Waals surface area contributed by atoms with Crippen molar-refractivity contribution < 1.29 is 9.90 Å². The molecule has 3 unspecified atom stereocenters. The summed E-state index contributed by atoms with van der Waals surface area (Å²) in [7, 11) is 2.04. The monoisotopic (exact) mass is 300 g/mol. The molecule has 2 aliphatic rings. The Labute approximate surface area is 126 Å². The first-order valence-corrected chi connectivity index (χ1v) is 8.89. The van der Waals surface area contributed by atoms with Crippen LogP contribution in [-0.2, 0) is 4.79 Å². The van der Waals surface area contributed by atoms with E-state index >= 15 is 0 Å². The van der Waals surface area contributed by atoms with Crippen LogP contribution in [0.4, 0.5) is 0 Å². The van der Waals surface area contributed by atoms with Gasteiger partial charge in [-0.2, -0.15) is 11.8 Å². The summed E-state index contributed by atoms with van der Waals surface area (Å²) in [4.78, 5) is 14.2. The normalized spacial score (nSPS) is 34.4. The quantitative estimate of drug-likeness (QED) is 0.807. The molecule has 0 radical (unpaired) electrons. The minimum absolute atomic E-state index is 0.0865. The van der Waals surface area contributed by atoms with Crippen LogP contribution in [0.5, 0.6) is 0 Å². The van der Waals surface area contributed by atoms with Crippen molar-refractivity contribution in [2.45, 2.75) is 51.2 Å². The summed E-state index contributed by atoms with van der Waals surface area (Å²) in [6, 6.07) is 0.543. The van der Waals surface area contributed by atoms with E-state index in [1.165, 1.54) is 12.2 Å². The van der Waals surface area contributed by atoms with Gasteiger partial charge in [-0.25, -0.2) is 0 Å². The molecule has 1 saturated heterocycles. The lowest BCUT2D eigenvalue weighted by molar-refractivity contribution is -0.123. The van der Waals surface area contributed by atoms with Crippen molar-refractivity contribution in [1.29, 1.82) is 0 Å². The van der Waals surface area contributed by atoms with Crippen LogP contribution in [0.2, 0.25) is 0 Å². The number of carbonyl (C=O) groups is 1. The van der Waals surface area contributed by atoms with Crippen LogP contribution in [0.25, 0.3) is 0 Å². The predicted octanol–water partition coefficient (Wildman–Crippen LogP) is 1.48. The Morgan fingerprint density at radius 2 is 2.25 bits per heavy atom. The van der Waals surface area contributed by atoms with Gasteiger partial charge in [0, 0.05) is 23.8 Å². The standard InChI is InChI=1S/C15H28N2O2S/c1-15(7-4-3-5-13(15)18)11-16-14(19)9-17(2)12-6-8-20-10-12/h12-13,18H,3-11H2,1-2H3,(H,16,19). The molecule has 5 heteroatoms. The molecule has 2 rings (SSSR count). The van der Waals surface area contributed by atoms with E-state index in [1.54, 1.807) is 0 Å². The highest BCUT2D eigenvalue weighted by Crippen LogP contribution is 2.35. The maximum absolute atomic E-state index is 12.1. The molecule has 0 spiro atoms. The molecule has 0 bridgehead atoms. The van der Waals surface area contributed by atoms with Gasteiger partial charge in [0.05, 0.1) is 12.6 Å². The number of aliphatic hydroxyl groups excluding tert-OH is 1. The molecule has 2 N–H and O–H groups in total. The number of rotatable bonds is 5. The van der Waals surface area contributed by atoms with E-state index in [0.717, 1.165) is 31.4 Å². The van der Waals surface area contributed by atoms with Crippen molar-refractivity contribution in [2.24, 2.45) is 5.41 Å². The first kappa shape index (κ1) is 16.1. The molecule has 1 aliphatic carbocycles. The number of nitrogens with zero attached hydrogens (tertiary/aromatic N) is 1. The highest BCUT2D eigenvalue weighted by Gasteiger charge is 2.35. The predicted molar refractivity (Wildman–Crippen MR) is 84.0 cm³/mol. The van der Waals surface area contributed by atoms with E-state index in [4.69, 9.17) is 0 Å². The van der Waals surface area contributed by atoms with Crippen molar-refractivity contribution in [3.05, 3.63) is 0 Å². The van der Waals surface area contributed by atoms with E-state index in [1.807, 2.05) is 18.8 Å². The molecule has 1 heterocycles. The Hall–Kier alpha value is -0.260. The molecule has 3 atom stereocenters. The highest BCUT2D eigenvalue weighted by atomic mass is 32.2. The van der Waals surface area contributed by atoms with Gasteiger partial charge in [0.2, 0.25) is 5.91 Å². The first-order chi connectivity index (χ1) is 9.51. The summed E-state index contributed by atoms with van der Waals surface area (Å²) in [5, 5.41) is 13.2. The summed E-state index contributed by atoms with van der Waals surface area (Å²) in [5.74, 6) is 2.43. The molecule has 2 fully saturated rings. The van der Waals surface area contributed by atoms with Crippen molar-refractivity contribution in [2.75, 3.05) is 31.6 Å². The van der Waals surface area contributed by atoms with Gasteiger partial charge in [-0.05, 0) is 32.1 Å². The topological polar surface area (TPSA) is 52.6 Å². The number of nitrogens with one attached hydrogen (secondary N) is 1. The highest BCUT2D eigenvalue weighted by molar-refractivity contribution is 7.99. The maximum Gasteiger partial charge on any atom is 0.234 e. The van der Waals surface area contributed by atoms with Gasteiger partial charge in [0.1, 0.15) is 0 Å². The lowest BCUT2D eigenvalue weighted by atomic mass is 9.73. The molecular weight excluding hydrogens is 272 g/mol. The Balaban J connectivity index is 1.73. The van der Waals surface area contributed by atoms with Gasteiger partial charge in [-0.3, -0.25) is 9.69 Å². The molecule has 1 amide bonds. The Morgan fingerprint density at radius 1 is 1.45 bits per heavy atom. The van der Waals surface area contributed by atoms with Crippen molar-refractivity contribution in [1.82, 2.24) is 10.2 Å². The van der Waals surface area contributed by atoms with E-state index in [2.05, 4.69) is 17.1 Å². The fraction of sp³-hybridized carbons (Fsp3) is 0.933. The molecular formula is C15H28N2O2S. The van der Waals surface area contributed by atoms with Gasteiger partial charge < -0.3 is 10.4 Å². The van der Waals surface area contributed by atoms with Crippen LogP contribution in [0.1, 0.15) is 39.0 Å². The zero-order chi connectivity index (χ0) is 14.6. The van der Waals surface area contributed by atoms with Crippen LogP contribution in [0.15, 0.2) is 0 Å². The van der Waals surface area contributed by atoms with Crippen LogP contribution in [0.3, 0.4) is 0 Å². The second-order valence-corrected chi connectivity index (χ2v) is 7.77. The third kappa shape index (κ3) is 4.12. The molecule has 1 saturated carbocycles. The summed E-state index contributed by atoms with van der Waals surface area (Å²) in [6.07, 6.45) is 5.04. The number of hydrogen-bond donors (Lipinski definition) is 2. The second kappa shape index (κ2) is 7.14. The van der Waals surface area contributed by atoms with Gasteiger partial charge in [-0.15, -0.1) is 0 Å². The van der Waals surface area contributed by atoms with E-state index in [0.29, 0.717) is 19.1 Å². The van der Waals surface area contributed by atoms with Gasteiger partial charge >= 0.3 is 0 Å². The fourth-order valence-corrected chi connectivity index (χ4v) is 4.47. The average Bonchev–Trinajstić information content (AvgIpc) is 2.94. The van der Waals surface area contributed by atoms with Crippen molar-refractivity contribution in [3.63, 3.8) is 0 Å². The van der Waals surface area contributed by atoms with Crippen LogP contribution < -0.4 is 5.32 Å². The van der Waals surface area contributed by atoms with E-state index in [9.17, 15) is 9.90 Å². The SMILES string of the molecule is CN(CC(=O)NCC1(C)CCCCC1O)C1CCSC1. The summed E-state index contributed by atoms with van der Waals surface area (Å²) < 4.78 is 0. The first-order valence-electron chi connectivity index (χ1n) is 7.74. The zero-order valence-corrected chi connectivity index (χ0v) is 13.5. The van der Waals surface area contributed by atoms with Gasteiger partial charge in [0.15, 0.2) is 0 Å². The molecule has 116 valence electrons. The Kier molecular flexibility index (Phi) is 5.75. The minimum Gasteiger partial charge on any atom is -0.392 e. The number of amides is 1.